The molecule has 3 heterocycles. The number of imidazole rings is 1. The maximum atomic E-state index is 6.59. The van der Waals surface area contributed by atoms with Gasteiger partial charge < -0.3 is 25.8 Å². The zero-order chi connectivity index (χ0) is 15.9. The smallest absolute Gasteiger partial charge is 0.127 e. The van der Waals surface area contributed by atoms with Gasteiger partial charge in [0.05, 0.1) is 16.6 Å². The van der Waals surface area contributed by atoms with Crippen LogP contribution in [0.4, 0.5) is 5.69 Å². The summed E-state index contributed by atoms with van der Waals surface area (Å²) in [5.74, 6) is 0.935. The van der Waals surface area contributed by atoms with Gasteiger partial charge in [0.1, 0.15) is 5.82 Å². The van der Waals surface area contributed by atoms with E-state index in [0.717, 1.165) is 69.0 Å². The first-order valence-electron chi connectivity index (χ1n) is 8.57. The van der Waals surface area contributed by atoms with Gasteiger partial charge in [-0.05, 0) is 51.2 Å². The summed E-state index contributed by atoms with van der Waals surface area (Å²) in [7, 11) is 2.18. The lowest BCUT2D eigenvalue weighted by Crippen LogP contribution is -2.47. The van der Waals surface area contributed by atoms with Crippen molar-refractivity contribution in [2.24, 2.45) is 5.73 Å². The molecular weight excluding hydrogens is 288 g/mol. The third-order valence-corrected chi connectivity index (χ3v) is 5.30. The molecule has 1 aromatic heterocycles. The molecular formula is C17H26N6. The van der Waals surface area contributed by atoms with Crippen LogP contribution in [-0.2, 0) is 5.54 Å². The number of H-pyrrole nitrogens is 1. The van der Waals surface area contributed by atoms with Crippen LogP contribution in [-0.4, -0.2) is 61.2 Å². The van der Waals surface area contributed by atoms with E-state index < -0.39 is 0 Å². The van der Waals surface area contributed by atoms with Crippen molar-refractivity contribution in [2.75, 3.05) is 51.2 Å². The Morgan fingerprint density at radius 3 is 2.61 bits per heavy atom. The summed E-state index contributed by atoms with van der Waals surface area (Å²) in [5, 5.41) is 3.37. The predicted octanol–water partition coefficient (Wildman–Crippen LogP) is 0.852. The van der Waals surface area contributed by atoms with E-state index in [-0.39, 0.29) is 5.54 Å². The van der Waals surface area contributed by atoms with Crippen molar-refractivity contribution in [2.45, 2.75) is 18.4 Å². The lowest BCUT2D eigenvalue weighted by atomic mass is 9.89. The second-order valence-electron chi connectivity index (χ2n) is 6.98. The van der Waals surface area contributed by atoms with Gasteiger partial charge in [-0.2, -0.15) is 0 Å². The average Bonchev–Trinajstić information content (AvgIpc) is 3.00. The monoisotopic (exact) mass is 314 g/mol. The fraction of sp³-hybridized carbons (Fsp3) is 0.588. The zero-order valence-electron chi connectivity index (χ0n) is 13.8. The van der Waals surface area contributed by atoms with E-state index >= 15 is 0 Å². The van der Waals surface area contributed by atoms with Gasteiger partial charge in [0, 0.05) is 31.9 Å². The fourth-order valence-electron chi connectivity index (χ4n) is 3.60. The van der Waals surface area contributed by atoms with Crippen molar-refractivity contribution >= 4 is 16.7 Å². The molecule has 0 aliphatic carbocycles. The van der Waals surface area contributed by atoms with E-state index in [1.807, 2.05) is 0 Å². The van der Waals surface area contributed by atoms with Crippen molar-refractivity contribution in [3.05, 3.63) is 24.0 Å². The molecule has 6 heteroatoms. The molecule has 2 aromatic rings. The average molecular weight is 314 g/mol. The largest absolute Gasteiger partial charge is 0.369 e. The molecule has 6 nitrogen and oxygen atoms in total. The Balaban J connectivity index is 1.62. The maximum absolute atomic E-state index is 6.59. The van der Waals surface area contributed by atoms with Crippen molar-refractivity contribution in [3.63, 3.8) is 0 Å². The summed E-state index contributed by atoms with van der Waals surface area (Å²) in [4.78, 5) is 13.1. The highest BCUT2D eigenvalue weighted by Gasteiger charge is 2.32. The van der Waals surface area contributed by atoms with Crippen LogP contribution in [0.5, 0.6) is 0 Å². The predicted molar refractivity (Wildman–Crippen MR) is 93.8 cm³/mol. The number of piperidine rings is 1. The SMILES string of the molecule is CN1CCN(c2ccc3nc(C4(N)CCNCC4)[nH]c3c2)CC1. The first-order chi connectivity index (χ1) is 11.1. The van der Waals surface area contributed by atoms with Gasteiger partial charge in [-0.15, -0.1) is 0 Å². The van der Waals surface area contributed by atoms with Crippen LogP contribution >= 0.6 is 0 Å². The minimum atomic E-state index is -0.321. The van der Waals surface area contributed by atoms with Crippen LogP contribution in [0.15, 0.2) is 18.2 Å². The Morgan fingerprint density at radius 1 is 1.13 bits per heavy atom. The van der Waals surface area contributed by atoms with Gasteiger partial charge in [0.15, 0.2) is 0 Å². The summed E-state index contributed by atoms with van der Waals surface area (Å²) in [6.45, 7) is 6.31. The third-order valence-electron chi connectivity index (χ3n) is 5.30. The minimum Gasteiger partial charge on any atom is -0.369 e. The summed E-state index contributed by atoms with van der Waals surface area (Å²) >= 11 is 0. The Morgan fingerprint density at radius 2 is 1.87 bits per heavy atom. The number of likely N-dealkylation sites (N-methyl/N-ethyl adjacent to an activating group) is 1. The number of rotatable bonds is 2. The van der Waals surface area contributed by atoms with Gasteiger partial charge in [-0.25, -0.2) is 4.98 Å². The molecule has 124 valence electrons. The number of piperazine rings is 1. The van der Waals surface area contributed by atoms with Crippen molar-refractivity contribution in [3.8, 4) is 0 Å². The first-order valence-corrected chi connectivity index (χ1v) is 8.57. The number of anilines is 1. The van der Waals surface area contributed by atoms with E-state index in [1.165, 1.54) is 5.69 Å². The molecule has 0 saturated carbocycles. The Kier molecular flexibility index (Phi) is 3.75. The zero-order valence-corrected chi connectivity index (χ0v) is 13.8. The summed E-state index contributed by atoms with van der Waals surface area (Å²) in [6.07, 6.45) is 1.86. The molecule has 1 aromatic carbocycles. The molecule has 0 bridgehead atoms. The van der Waals surface area contributed by atoms with E-state index in [0.29, 0.717) is 0 Å². The molecule has 2 aliphatic heterocycles. The lowest BCUT2D eigenvalue weighted by molar-refractivity contribution is 0.304. The second-order valence-corrected chi connectivity index (χ2v) is 6.98. The maximum Gasteiger partial charge on any atom is 0.127 e. The van der Waals surface area contributed by atoms with Crippen LogP contribution in [0.25, 0.3) is 11.0 Å². The Bertz CT molecular complexity index is 679. The second kappa shape index (κ2) is 5.78. The molecule has 0 amide bonds. The molecule has 0 atom stereocenters. The molecule has 2 saturated heterocycles. The van der Waals surface area contributed by atoms with Gasteiger partial charge in [0.25, 0.3) is 0 Å². The van der Waals surface area contributed by atoms with Crippen LogP contribution in [0.1, 0.15) is 18.7 Å². The summed E-state index contributed by atoms with van der Waals surface area (Å²) < 4.78 is 0. The summed E-state index contributed by atoms with van der Waals surface area (Å²) in [6, 6.07) is 6.53. The number of aromatic nitrogens is 2. The lowest BCUT2D eigenvalue weighted by Gasteiger charge is -2.34. The molecule has 4 N–H and O–H groups in total. The number of benzene rings is 1. The van der Waals surface area contributed by atoms with Gasteiger partial charge in [-0.3, -0.25) is 0 Å². The molecule has 23 heavy (non-hydrogen) atoms. The Hall–Kier alpha value is -1.63. The molecule has 0 radical (unpaired) electrons. The van der Waals surface area contributed by atoms with Crippen LogP contribution in [0.2, 0.25) is 0 Å². The molecule has 4 rings (SSSR count). The molecule has 0 unspecified atom stereocenters. The number of hydrogen-bond donors (Lipinski definition) is 3. The standard InChI is InChI=1S/C17H26N6/c1-22-8-10-23(11-9-22)13-2-3-14-15(12-13)21-16(20-14)17(18)4-6-19-7-5-17/h2-3,12,19H,4-11,18H2,1H3,(H,20,21). The number of fused-ring (bicyclic) bond motifs is 1. The van der Waals surface area contributed by atoms with Crippen molar-refractivity contribution in [1.82, 2.24) is 20.2 Å². The topological polar surface area (TPSA) is 73.2 Å². The van der Waals surface area contributed by atoms with E-state index in [4.69, 9.17) is 10.7 Å². The van der Waals surface area contributed by atoms with Crippen molar-refractivity contribution in [1.29, 1.82) is 0 Å². The van der Waals surface area contributed by atoms with Crippen LogP contribution in [0.3, 0.4) is 0 Å². The van der Waals surface area contributed by atoms with Crippen molar-refractivity contribution < 1.29 is 0 Å². The minimum absolute atomic E-state index is 0.321. The highest BCUT2D eigenvalue weighted by atomic mass is 15.2. The van der Waals surface area contributed by atoms with Gasteiger partial charge in [-0.1, -0.05) is 0 Å². The first kappa shape index (κ1) is 14.9. The van der Waals surface area contributed by atoms with Gasteiger partial charge in [0.2, 0.25) is 0 Å². The highest BCUT2D eigenvalue weighted by molar-refractivity contribution is 5.80. The van der Waals surface area contributed by atoms with Crippen LogP contribution < -0.4 is 16.0 Å². The van der Waals surface area contributed by atoms with E-state index in [9.17, 15) is 0 Å². The number of nitrogens with two attached hydrogens (primary N) is 1. The quantitative estimate of drug-likeness (QED) is 0.766. The number of nitrogens with one attached hydrogen (secondary N) is 2. The number of nitrogens with zero attached hydrogens (tertiary/aromatic N) is 3. The normalized spacial score (nSPS) is 22.6. The number of aromatic amines is 1. The fourth-order valence-corrected chi connectivity index (χ4v) is 3.60. The third kappa shape index (κ3) is 2.82. The number of hydrogen-bond acceptors (Lipinski definition) is 5. The molecule has 2 fully saturated rings. The highest BCUT2D eigenvalue weighted by Crippen LogP contribution is 2.29. The molecule has 2 aliphatic rings. The van der Waals surface area contributed by atoms with Gasteiger partial charge >= 0.3 is 0 Å². The Labute approximate surface area is 137 Å². The van der Waals surface area contributed by atoms with E-state index in [1.54, 1.807) is 0 Å². The van der Waals surface area contributed by atoms with E-state index in [2.05, 4.69) is 45.3 Å². The van der Waals surface area contributed by atoms with Crippen LogP contribution in [0, 0.1) is 0 Å². The molecule has 0 spiro atoms. The summed E-state index contributed by atoms with van der Waals surface area (Å²) in [5.41, 5.74) is 9.66.